The summed E-state index contributed by atoms with van der Waals surface area (Å²) in [7, 11) is 0. The second-order valence-corrected chi connectivity index (χ2v) is 4.29. The van der Waals surface area contributed by atoms with Gasteiger partial charge in [0.2, 0.25) is 0 Å². The number of ether oxygens (including phenoxy) is 1. The summed E-state index contributed by atoms with van der Waals surface area (Å²) in [5.74, 6) is -0.673. The van der Waals surface area contributed by atoms with E-state index < -0.39 is 5.97 Å². The third-order valence-corrected chi connectivity index (χ3v) is 2.76. The molecule has 0 atom stereocenters. The summed E-state index contributed by atoms with van der Waals surface area (Å²) in [5, 5.41) is 0. The highest BCUT2D eigenvalue weighted by molar-refractivity contribution is 6.39. The molecule has 0 saturated heterocycles. The second-order valence-electron chi connectivity index (χ2n) is 4.29. The molecule has 2 rings (SSSR count). The first-order valence-electron chi connectivity index (χ1n) is 6.46. The standard InChI is InChI=1S/C17H14N2O2/c18-19-16(12-11-14-7-3-1-4-8-14)17(20)21-13-15-9-5-2-6-10-15/h1-12H,13H2/b12-11+. The fraction of sp³-hybridized carbons (Fsp3) is 0.0588. The van der Waals surface area contributed by atoms with Gasteiger partial charge in [-0.15, -0.1) is 0 Å². The van der Waals surface area contributed by atoms with Crippen LogP contribution in [0.1, 0.15) is 11.1 Å². The topological polar surface area (TPSA) is 62.7 Å². The van der Waals surface area contributed by atoms with E-state index in [0.29, 0.717) is 0 Å². The minimum Gasteiger partial charge on any atom is -0.452 e. The van der Waals surface area contributed by atoms with Crippen molar-refractivity contribution in [3.8, 4) is 0 Å². The average molecular weight is 278 g/mol. The summed E-state index contributed by atoms with van der Waals surface area (Å²) >= 11 is 0. The minimum atomic E-state index is -0.673. The van der Waals surface area contributed by atoms with Crippen molar-refractivity contribution in [2.75, 3.05) is 0 Å². The highest BCUT2D eigenvalue weighted by atomic mass is 16.5. The summed E-state index contributed by atoms with van der Waals surface area (Å²) in [6.45, 7) is 0.137. The molecule has 4 nitrogen and oxygen atoms in total. The van der Waals surface area contributed by atoms with Crippen molar-refractivity contribution >= 4 is 17.8 Å². The van der Waals surface area contributed by atoms with Crippen molar-refractivity contribution in [2.24, 2.45) is 0 Å². The van der Waals surface area contributed by atoms with E-state index >= 15 is 0 Å². The number of benzene rings is 2. The molecule has 0 radical (unpaired) electrons. The zero-order valence-electron chi connectivity index (χ0n) is 11.3. The van der Waals surface area contributed by atoms with Crippen LogP contribution in [0, 0.1) is 0 Å². The summed E-state index contributed by atoms with van der Waals surface area (Å²) in [6.07, 6.45) is 3.10. The van der Waals surface area contributed by atoms with Crippen molar-refractivity contribution < 1.29 is 14.3 Å². The van der Waals surface area contributed by atoms with Crippen LogP contribution in [0.15, 0.2) is 66.7 Å². The van der Waals surface area contributed by atoms with E-state index in [1.807, 2.05) is 60.7 Å². The Hall–Kier alpha value is -2.97. The van der Waals surface area contributed by atoms with Gasteiger partial charge < -0.3 is 10.3 Å². The maximum Gasteiger partial charge on any atom is 0.421 e. The molecule has 0 heterocycles. The van der Waals surface area contributed by atoms with Gasteiger partial charge >= 0.3 is 11.7 Å². The van der Waals surface area contributed by atoms with Gasteiger partial charge in [0.15, 0.2) is 0 Å². The number of hydrogen-bond donors (Lipinski definition) is 0. The fourth-order valence-corrected chi connectivity index (χ4v) is 1.68. The lowest BCUT2D eigenvalue weighted by molar-refractivity contribution is -0.141. The average Bonchev–Trinajstić information content (AvgIpc) is 2.55. The Morgan fingerprint density at radius 1 is 1.05 bits per heavy atom. The second kappa shape index (κ2) is 7.58. The maximum absolute atomic E-state index is 11.8. The molecule has 4 heteroatoms. The van der Waals surface area contributed by atoms with Crippen LogP contribution in [0.3, 0.4) is 0 Å². The molecule has 0 N–H and O–H groups in total. The Morgan fingerprint density at radius 2 is 1.67 bits per heavy atom. The molecule has 104 valence electrons. The van der Waals surface area contributed by atoms with Gasteiger partial charge in [0.25, 0.3) is 0 Å². The van der Waals surface area contributed by atoms with Gasteiger partial charge in [-0.2, -0.15) is 4.79 Å². The minimum absolute atomic E-state index is 0.137. The highest BCUT2D eigenvalue weighted by Crippen LogP contribution is 2.03. The van der Waals surface area contributed by atoms with Crippen LogP contribution in [0.5, 0.6) is 0 Å². The van der Waals surface area contributed by atoms with Gasteiger partial charge in [0.05, 0.1) is 0 Å². The van der Waals surface area contributed by atoms with Crippen LogP contribution in [0.25, 0.3) is 11.6 Å². The van der Waals surface area contributed by atoms with Gasteiger partial charge in [-0.1, -0.05) is 60.7 Å². The Balaban J connectivity index is 1.97. The number of esters is 1. The molecule has 0 fully saturated rings. The van der Waals surface area contributed by atoms with E-state index in [0.717, 1.165) is 11.1 Å². The number of rotatable bonds is 5. The molecule has 0 amide bonds. The molecule has 2 aromatic carbocycles. The van der Waals surface area contributed by atoms with Crippen molar-refractivity contribution in [3.05, 3.63) is 83.4 Å². The normalized spacial score (nSPS) is 10.1. The number of carbonyl (C=O) groups is 1. The van der Waals surface area contributed by atoms with E-state index in [1.54, 1.807) is 6.08 Å². The van der Waals surface area contributed by atoms with Crippen molar-refractivity contribution in [3.63, 3.8) is 0 Å². The van der Waals surface area contributed by atoms with E-state index in [1.165, 1.54) is 6.08 Å². The van der Waals surface area contributed by atoms with E-state index in [2.05, 4.69) is 4.79 Å². The lowest BCUT2D eigenvalue weighted by Gasteiger charge is -2.00. The SMILES string of the molecule is [N-]=[N+]=C(/C=C/c1ccccc1)C(=O)OCc1ccccc1. The summed E-state index contributed by atoms with van der Waals surface area (Å²) in [5.41, 5.74) is 10.5. The quantitative estimate of drug-likeness (QED) is 0.365. The maximum atomic E-state index is 11.8. The predicted octanol–water partition coefficient (Wildman–Crippen LogP) is 3.11. The summed E-state index contributed by atoms with van der Waals surface area (Å²) in [4.78, 5) is 14.8. The molecule has 0 unspecified atom stereocenters. The first-order valence-corrected chi connectivity index (χ1v) is 6.46. The van der Waals surface area contributed by atoms with Gasteiger partial charge in [0.1, 0.15) is 6.61 Å². The van der Waals surface area contributed by atoms with Crippen LogP contribution in [-0.4, -0.2) is 16.5 Å². The van der Waals surface area contributed by atoms with Crippen LogP contribution >= 0.6 is 0 Å². The van der Waals surface area contributed by atoms with Crippen molar-refractivity contribution in [2.45, 2.75) is 6.61 Å². The largest absolute Gasteiger partial charge is 0.452 e. The molecule has 0 aliphatic rings. The van der Waals surface area contributed by atoms with Crippen LogP contribution in [0.4, 0.5) is 0 Å². The fourth-order valence-electron chi connectivity index (χ4n) is 1.68. The number of carbonyl (C=O) groups excluding carboxylic acids is 1. The van der Waals surface area contributed by atoms with Gasteiger partial charge in [-0.05, 0) is 17.2 Å². The van der Waals surface area contributed by atoms with Crippen molar-refractivity contribution in [1.29, 1.82) is 0 Å². The third kappa shape index (κ3) is 4.56. The Labute approximate surface area is 122 Å². The summed E-state index contributed by atoms with van der Waals surface area (Å²) < 4.78 is 5.09. The zero-order chi connectivity index (χ0) is 14.9. The molecule has 0 spiro atoms. The molecule has 0 aliphatic carbocycles. The predicted molar refractivity (Wildman–Crippen MR) is 80.3 cm³/mol. The molecular formula is C17H14N2O2. The highest BCUT2D eigenvalue weighted by Gasteiger charge is 2.18. The van der Waals surface area contributed by atoms with Gasteiger partial charge in [-0.3, -0.25) is 0 Å². The molecule has 0 bridgehead atoms. The molecule has 0 aliphatic heterocycles. The van der Waals surface area contributed by atoms with Crippen LogP contribution in [-0.2, 0) is 16.1 Å². The first-order chi connectivity index (χ1) is 10.3. The first kappa shape index (κ1) is 14.4. The molecule has 2 aromatic rings. The summed E-state index contributed by atoms with van der Waals surface area (Å²) in [6, 6.07) is 18.7. The smallest absolute Gasteiger partial charge is 0.421 e. The zero-order valence-corrected chi connectivity index (χ0v) is 11.3. The molecule has 21 heavy (non-hydrogen) atoms. The van der Waals surface area contributed by atoms with Gasteiger partial charge in [0, 0.05) is 6.08 Å². The van der Waals surface area contributed by atoms with Crippen LogP contribution < -0.4 is 0 Å². The Bertz CT molecular complexity index is 672. The van der Waals surface area contributed by atoms with E-state index in [4.69, 9.17) is 10.3 Å². The van der Waals surface area contributed by atoms with E-state index in [9.17, 15) is 4.79 Å². The Morgan fingerprint density at radius 3 is 2.29 bits per heavy atom. The molecule has 0 saturated carbocycles. The van der Waals surface area contributed by atoms with Crippen molar-refractivity contribution in [1.82, 2.24) is 0 Å². The lowest BCUT2D eigenvalue weighted by atomic mass is 10.2. The van der Waals surface area contributed by atoms with Gasteiger partial charge in [-0.25, -0.2) is 4.79 Å². The number of nitrogens with zero attached hydrogens (tertiary/aromatic N) is 2. The molecule has 0 aromatic heterocycles. The van der Waals surface area contributed by atoms with Crippen LogP contribution in [0.2, 0.25) is 0 Å². The third-order valence-electron chi connectivity index (χ3n) is 2.76. The Kier molecular flexibility index (Phi) is 5.21. The monoisotopic (exact) mass is 278 g/mol. The number of hydrogen-bond acceptors (Lipinski definition) is 2. The lowest BCUT2D eigenvalue weighted by Crippen LogP contribution is -2.16. The molecular weight excluding hydrogens is 264 g/mol. The van der Waals surface area contributed by atoms with E-state index in [-0.39, 0.29) is 12.3 Å².